The van der Waals surface area contributed by atoms with Crippen molar-refractivity contribution in [2.45, 2.75) is 13.8 Å². The highest BCUT2D eigenvalue weighted by molar-refractivity contribution is 5.75. The van der Waals surface area contributed by atoms with Crippen molar-refractivity contribution >= 4 is 11.2 Å². The predicted molar refractivity (Wildman–Crippen MR) is 76.7 cm³/mol. The first kappa shape index (κ1) is 10.9. The molecule has 0 radical (unpaired) electrons. The van der Waals surface area contributed by atoms with E-state index in [9.17, 15) is 0 Å². The van der Waals surface area contributed by atoms with Crippen LogP contribution in [-0.4, -0.2) is 4.40 Å². The lowest BCUT2D eigenvalue weighted by atomic mass is 10.00. The SMILES string of the molecule is Cc1ccc(-c2cc3cccn3cc2C)cc1N. The molecule has 0 aliphatic carbocycles. The number of hydrogen-bond donors (Lipinski definition) is 1. The average molecular weight is 236 g/mol. The first-order valence-electron chi connectivity index (χ1n) is 6.09. The van der Waals surface area contributed by atoms with Gasteiger partial charge in [-0.1, -0.05) is 12.1 Å². The van der Waals surface area contributed by atoms with Crippen LogP contribution in [0, 0.1) is 13.8 Å². The third-order valence-corrected chi connectivity index (χ3v) is 3.45. The summed E-state index contributed by atoms with van der Waals surface area (Å²) < 4.78 is 2.14. The van der Waals surface area contributed by atoms with Crippen LogP contribution in [0.5, 0.6) is 0 Å². The summed E-state index contributed by atoms with van der Waals surface area (Å²) in [6.07, 6.45) is 4.22. The largest absolute Gasteiger partial charge is 0.398 e. The van der Waals surface area contributed by atoms with Crippen LogP contribution < -0.4 is 5.73 Å². The van der Waals surface area contributed by atoms with Gasteiger partial charge in [0.15, 0.2) is 0 Å². The minimum atomic E-state index is 0.849. The van der Waals surface area contributed by atoms with Crippen molar-refractivity contribution in [2.24, 2.45) is 0 Å². The van der Waals surface area contributed by atoms with Gasteiger partial charge in [-0.15, -0.1) is 0 Å². The van der Waals surface area contributed by atoms with Crippen molar-refractivity contribution in [1.82, 2.24) is 4.40 Å². The standard InChI is InChI=1S/C16H16N2/c1-11-5-6-13(8-16(11)17)15-9-14-4-3-7-18(14)10-12(15)2/h3-10H,17H2,1-2H3. The number of anilines is 1. The van der Waals surface area contributed by atoms with Crippen LogP contribution in [0.2, 0.25) is 0 Å². The van der Waals surface area contributed by atoms with E-state index in [4.69, 9.17) is 5.73 Å². The smallest absolute Gasteiger partial charge is 0.0456 e. The van der Waals surface area contributed by atoms with E-state index in [-0.39, 0.29) is 0 Å². The summed E-state index contributed by atoms with van der Waals surface area (Å²) >= 11 is 0. The molecular weight excluding hydrogens is 220 g/mol. The fraction of sp³-hybridized carbons (Fsp3) is 0.125. The molecular formula is C16H16N2. The molecule has 0 bridgehead atoms. The van der Waals surface area contributed by atoms with E-state index in [0.717, 1.165) is 11.3 Å². The first-order chi connectivity index (χ1) is 8.65. The molecule has 2 aromatic heterocycles. The van der Waals surface area contributed by atoms with Gasteiger partial charge in [0.05, 0.1) is 0 Å². The molecule has 0 spiro atoms. The van der Waals surface area contributed by atoms with E-state index >= 15 is 0 Å². The van der Waals surface area contributed by atoms with Gasteiger partial charge in [-0.3, -0.25) is 0 Å². The fourth-order valence-electron chi connectivity index (χ4n) is 2.31. The van der Waals surface area contributed by atoms with E-state index in [1.165, 1.54) is 22.2 Å². The number of nitrogens with zero attached hydrogens (tertiary/aromatic N) is 1. The third-order valence-electron chi connectivity index (χ3n) is 3.45. The zero-order chi connectivity index (χ0) is 12.7. The first-order valence-corrected chi connectivity index (χ1v) is 6.09. The van der Waals surface area contributed by atoms with Gasteiger partial charge in [0, 0.05) is 23.6 Å². The van der Waals surface area contributed by atoms with E-state index in [1.807, 2.05) is 6.92 Å². The molecule has 18 heavy (non-hydrogen) atoms. The predicted octanol–water partition coefficient (Wildman–Crippen LogP) is 3.81. The minimum Gasteiger partial charge on any atom is -0.398 e. The summed E-state index contributed by atoms with van der Waals surface area (Å²) in [4.78, 5) is 0. The molecule has 2 heterocycles. The Bertz CT molecular complexity index is 723. The molecule has 0 fully saturated rings. The Kier molecular flexibility index (Phi) is 2.37. The second kappa shape index (κ2) is 3.91. The van der Waals surface area contributed by atoms with Crippen LogP contribution in [0.1, 0.15) is 11.1 Å². The van der Waals surface area contributed by atoms with Crippen LogP contribution in [-0.2, 0) is 0 Å². The quantitative estimate of drug-likeness (QED) is 0.640. The van der Waals surface area contributed by atoms with Crippen molar-refractivity contribution in [3.63, 3.8) is 0 Å². The van der Waals surface area contributed by atoms with Crippen LogP contribution >= 0.6 is 0 Å². The van der Waals surface area contributed by atoms with Crippen molar-refractivity contribution in [2.75, 3.05) is 5.73 Å². The highest BCUT2D eigenvalue weighted by Gasteiger charge is 2.05. The Morgan fingerprint density at radius 2 is 1.83 bits per heavy atom. The second-order valence-corrected chi connectivity index (χ2v) is 4.78. The van der Waals surface area contributed by atoms with Crippen molar-refractivity contribution in [1.29, 1.82) is 0 Å². The summed E-state index contributed by atoms with van der Waals surface area (Å²) in [7, 11) is 0. The van der Waals surface area contributed by atoms with Crippen LogP contribution in [0.3, 0.4) is 0 Å². The minimum absolute atomic E-state index is 0.849. The van der Waals surface area contributed by atoms with E-state index in [2.05, 4.69) is 60.1 Å². The number of nitrogen functional groups attached to an aromatic ring is 1. The van der Waals surface area contributed by atoms with Gasteiger partial charge in [-0.05, 0) is 60.4 Å². The molecule has 3 aromatic rings. The van der Waals surface area contributed by atoms with Gasteiger partial charge in [0.25, 0.3) is 0 Å². The van der Waals surface area contributed by atoms with Gasteiger partial charge in [-0.2, -0.15) is 0 Å². The Morgan fingerprint density at radius 3 is 2.61 bits per heavy atom. The number of benzene rings is 1. The van der Waals surface area contributed by atoms with E-state index in [1.54, 1.807) is 0 Å². The number of rotatable bonds is 1. The average Bonchev–Trinajstić information content (AvgIpc) is 2.79. The van der Waals surface area contributed by atoms with Gasteiger partial charge in [0.1, 0.15) is 0 Å². The molecule has 0 aliphatic heterocycles. The highest BCUT2D eigenvalue weighted by atomic mass is 14.8. The summed E-state index contributed by atoms with van der Waals surface area (Å²) in [5, 5.41) is 0. The lowest BCUT2D eigenvalue weighted by Gasteiger charge is -2.10. The molecule has 0 aliphatic rings. The molecule has 0 amide bonds. The number of nitrogens with two attached hydrogens (primary N) is 1. The van der Waals surface area contributed by atoms with Gasteiger partial charge < -0.3 is 10.1 Å². The molecule has 0 atom stereocenters. The summed E-state index contributed by atoms with van der Waals surface area (Å²) in [6.45, 7) is 4.16. The maximum absolute atomic E-state index is 6.00. The summed E-state index contributed by atoms with van der Waals surface area (Å²) in [5.74, 6) is 0. The van der Waals surface area contributed by atoms with Crippen LogP contribution in [0.15, 0.2) is 48.8 Å². The number of aryl methyl sites for hydroxylation is 2. The van der Waals surface area contributed by atoms with Crippen LogP contribution in [0.4, 0.5) is 5.69 Å². The molecule has 2 N–H and O–H groups in total. The maximum atomic E-state index is 6.00. The Balaban J connectivity index is 2.23. The van der Waals surface area contributed by atoms with Gasteiger partial charge >= 0.3 is 0 Å². The van der Waals surface area contributed by atoms with E-state index in [0.29, 0.717) is 0 Å². The number of aromatic nitrogens is 1. The fourth-order valence-corrected chi connectivity index (χ4v) is 2.31. The Hall–Kier alpha value is -2.22. The normalized spacial score (nSPS) is 11.0. The molecule has 2 nitrogen and oxygen atoms in total. The van der Waals surface area contributed by atoms with Crippen molar-refractivity contribution in [3.05, 3.63) is 59.9 Å². The number of pyridine rings is 1. The summed E-state index contributed by atoms with van der Waals surface area (Å²) in [6, 6.07) is 12.6. The highest BCUT2D eigenvalue weighted by Crippen LogP contribution is 2.28. The zero-order valence-electron chi connectivity index (χ0n) is 10.6. The number of hydrogen-bond acceptors (Lipinski definition) is 1. The zero-order valence-corrected chi connectivity index (χ0v) is 10.6. The van der Waals surface area contributed by atoms with Crippen molar-refractivity contribution < 1.29 is 0 Å². The molecule has 1 aromatic carbocycles. The lowest BCUT2D eigenvalue weighted by Crippen LogP contribution is -1.93. The third kappa shape index (κ3) is 1.66. The Labute approximate surface area is 107 Å². The molecule has 0 saturated heterocycles. The molecule has 0 unspecified atom stereocenters. The lowest BCUT2D eigenvalue weighted by molar-refractivity contribution is 1.17. The Morgan fingerprint density at radius 1 is 1.00 bits per heavy atom. The monoisotopic (exact) mass is 236 g/mol. The van der Waals surface area contributed by atoms with Crippen LogP contribution in [0.25, 0.3) is 16.6 Å². The molecule has 90 valence electrons. The van der Waals surface area contributed by atoms with Gasteiger partial charge in [-0.25, -0.2) is 0 Å². The molecule has 2 heteroatoms. The topological polar surface area (TPSA) is 30.4 Å². The maximum Gasteiger partial charge on any atom is 0.0456 e. The number of fused-ring (bicyclic) bond motifs is 1. The van der Waals surface area contributed by atoms with E-state index < -0.39 is 0 Å². The van der Waals surface area contributed by atoms with Gasteiger partial charge in [0.2, 0.25) is 0 Å². The van der Waals surface area contributed by atoms with Crippen molar-refractivity contribution in [3.8, 4) is 11.1 Å². The second-order valence-electron chi connectivity index (χ2n) is 4.78. The molecule has 0 saturated carbocycles. The molecule has 3 rings (SSSR count). The summed E-state index contributed by atoms with van der Waals surface area (Å²) in [5.41, 5.74) is 12.8.